The fraction of sp³-hybridized carbons (Fsp3) is 0.0870. The van der Waals surface area contributed by atoms with E-state index in [2.05, 4.69) is 24.3 Å². The molecule has 0 bridgehead atoms. The molecule has 0 saturated carbocycles. The third-order valence-electron chi connectivity index (χ3n) is 4.89. The first-order valence-corrected chi connectivity index (χ1v) is 8.18. The first-order chi connectivity index (χ1) is 11.7. The second kappa shape index (κ2) is 5.61. The molecule has 24 heavy (non-hydrogen) atoms. The summed E-state index contributed by atoms with van der Waals surface area (Å²) in [5.74, 6) is 0.0986. The number of aryl methyl sites for hydroxylation is 2. The molecule has 4 aromatic rings. The zero-order valence-electron chi connectivity index (χ0n) is 13.8. The van der Waals surface area contributed by atoms with Gasteiger partial charge < -0.3 is 0 Å². The number of hydrogen-bond acceptors (Lipinski definition) is 1. The average molecular weight is 310 g/mol. The third-order valence-corrected chi connectivity index (χ3v) is 4.89. The minimum Gasteiger partial charge on any atom is -0.289 e. The van der Waals surface area contributed by atoms with Gasteiger partial charge in [0.1, 0.15) is 0 Å². The fourth-order valence-electron chi connectivity index (χ4n) is 3.49. The molecule has 0 radical (unpaired) electrons. The van der Waals surface area contributed by atoms with Crippen LogP contribution in [0.1, 0.15) is 27.0 Å². The summed E-state index contributed by atoms with van der Waals surface area (Å²) in [7, 11) is 0. The van der Waals surface area contributed by atoms with Crippen LogP contribution in [0.15, 0.2) is 72.8 Å². The number of carbonyl (C=O) groups excluding carboxylic acids is 1. The molecule has 0 fully saturated rings. The van der Waals surface area contributed by atoms with E-state index in [0.29, 0.717) is 0 Å². The van der Waals surface area contributed by atoms with Gasteiger partial charge in [-0.15, -0.1) is 0 Å². The number of ketones is 1. The smallest absolute Gasteiger partial charge is 0.193 e. The standard InChI is InChI=1S/C23H18O/c1-15-19-9-5-3-7-17(19)11-13-21(15)23(24)22-14-12-18-8-4-6-10-20(18)16(22)2/h3-14H,1-2H3. The van der Waals surface area contributed by atoms with Crippen molar-refractivity contribution in [3.05, 3.63) is 95.1 Å². The van der Waals surface area contributed by atoms with Crippen molar-refractivity contribution in [3.63, 3.8) is 0 Å². The highest BCUT2D eigenvalue weighted by molar-refractivity contribution is 6.14. The van der Waals surface area contributed by atoms with Gasteiger partial charge in [0.05, 0.1) is 0 Å². The van der Waals surface area contributed by atoms with E-state index in [1.165, 1.54) is 10.8 Å². The highest BCUT2D eigenvalue weighted by Crippen LogP contribution is 2.27. The Hall–Kier alpha value is -2.93. The molecule has 0 amide bonds. The van der Waals surface area contributed by atoms with E-state index in [1.54, 1.807) is 0 Å². The Kier molecular flexibility index (Phi) is 3.42. The largest absolute Gasteiger partial charge is 0.289 e. The van der Waals surface area contributed by atoms with E-state index in [0.717, 1.165) is 33.0 Å². The lowest BCUT2D eigenvalue weighted by atomic mass is 9.91. The van der Waals surface area contributed by atoms with Crippen LogP contribution in [-0.2, 0) is 0 Å². The predicted octanol–water partition coefficient (Wildman–Crippen LogP) is 5.84. The van der Waals surface area contributed by atoms with E-state index in [1.807, 2.05) is 62.4 Å². The molecule has 4 aromatic carbocycles. The van der Waals surface area contributed by atoms with Crippen LogP contribution in [0.4, 0.5) is 0 Å². The van der Waals surface area contributed by atoms with Gasteiger partial charge in [-0.1, -0.05) is 72.8 Å². The number of fused-ring (bicyclic) bond motifs is 2. The van der Waals surface area contributed by atoms with Crippen molar-refractivity contribution in [2.75, 3.05) is 0 Å². The molecule has 0 heterocycles. The van der Waals surface area contributed by atoms with Crippen LogP contribution < -0.4 is 0 Å². The number of hydrogen-bond donors (Lipinski definition) is 0. The molecule has 0 atom stereocenters. The topological polar surface area (TPSA) is 17.1 Å². The summed E-state index contributed by atoms with van der Waals surface area (Å²) >= 11 is 0. The van der Waals surface area contributed by atoms with Gasteiger partial charge in [0.2, 0.25) is 0 Å². The maximum Gasteiger partial charge on any atom is 0.193 e. The monoisotopic (exact) mass is 310 g/mol. The highest BCUT2D eigenvalue weighted by atomic mass is 16.1. The molecule has 116 valence electrons. The molecule has 0 aliphatic rings. The van der Waals surface area contributed by atoms with Crippen molar-refractivity contribution in [2.24, 2.45) is 0 Å². The van der Waals surface area contributed by atoms with Crippen molar-refractivity contribution < 1.29 is 4.79 Å². The van der Waals surface area contributed by atoms with E-state index in [9.17, 15) is 4.79 Å². The maximum atomic E-state index is 13.2. The Morgan fingerprint density at radius 3 is 1.46 bits per heavy atom. The predicted molar refractivity (Wildman–Crippen MR) is 101 cm³/mol. The summed E-state index contributed by atoms with van der Waals surface area (Å²) in [5.41, 5.74) is 3.66. The molecule has 0 spiro atoms. The zero-order chi connectivity index (χ0) is 16.7. The number of benzene rings is 4. The van der Waals surface area contributed by atoms with Gasteiger partial charge in [0, 0.05) is 11.1 Å². The van der Waals surface area contributed by atoms with Gasteiger partial charge in [0.25, 0.3) is 0 Å². The Bertz CT molecular complexity index is 1000. The van der Waals surface area contributed by atoms with Crippen molar-refractivity contribution in [1.82, 2.24) is 0 Å². The van der Waals surface area contributed by atoms with E-state index < -0.39 is 0 Å². The highest BCUT2D eigenvalue weighted by Gasteiger charge is 2.16. The van der Waals surface area contributed by atoms with Crippen molar-refractivity contribution in [1.29, 1.82) is 0 Å². The van der Waals surface area contributed by atoms with Crippen LogP contribution in [0.25, 0.3) is 21.5 Å². The van der Waals surface area contributed by atoms with Crippen LogP contribution in [0, 0.1) is 13.8 Å². The summed E-state index contributed by atoms with van der Waals surface area (Å²) in [6.45, 7) is 4.07. The average Bonchev–Trinajstić information content (AvgIpc) is 2.62. The van der Waals surface area contributed by atoms with E-state index in [4.69, 9.17) is 0 Å². The summed E-state index contributed by atoms with van der Waals surface area (Å²) in [4.78, 5) is 13.2. The molecule has 0 aromatic heterocycles. The molecule has 1 heteroatoms. The first kappa shape index (κ1) is 14.6. The molecule has 0 N–H and O–H groups in total. The van der Waals surface area contributed by atoms with E-state index in [-0.39, 0.29) is 5.78 Å². The Balaban J connectivity index is 1.91. The van der Waals surface area contributed by atoms with Gasteiger partial charge in [-0.25, -0.2) is 0 Å². The number of rotatable bonds is 2. The minimum atomic E-state index is 0.0986. The van der Waals surface area contributed by atoms with Gasteiger partial charge in [-0.05, 0) is 46.5 Å². The second-order valence-electron chi connectivity index (χ2n) is 6.25. The molecule has 0 unspecified atom stereocenters. The lowest BCUT2D eigenvalue weighted by Crippen LogP contribution is -2.06. The minimum absolute atomic E-state index is 0.0986. The molecular weight excluding hydrogens is 292 g/mol. The van der Waals surface area contributed by atoms with Crippen LogP contribution in [-0.4, -0.2) is 5.78 Å². The summed E-state index contributed by atoms with van der Waals surface area (Å²) in [6, 6.07) is 24.4. The summed E-state index contributed by atoms with van der Waals surface area (Å²) in [6.07, 6.45) is 0. The van der Waals surface area contributed by atoms with Crippen molar-refractivity contribution in [2.45, 2.75) is 13.8 Å². The molecule has 4 rings (SSSR count). The van der Waals surface area contributed by atoms with Gasteiger partial charge in [-0.2, -0.15) is 0 Å². The first-order valence-electron chi connectivity index (χ1n) is 8.18. The molecule has 1 nitrogen and oxygen atoms in total. The van der Waals surface area contributed by atoms with Crippen molar-refractivity contribution in [3.8, 4) is 0 Å². The number of carbonyl (C=O) groups is 1. The zero-order valence-corrected chi connectivity index (χ0v) is 13.8. The Morgan fingerprint density at radius 2 is 1.00 bits per heavy atom. The maximum absolute atomic E-state index is 13.2. The van der Waals surface area contributed by atoms with Crippen LogP contribution >= 0.6 is 0 Å². The Morgan fingerprint density at radius 1 is 0.583 bits per heavy atom. The van der Waals surface area contributed by atoms with Crippen LogP contribution in [0.2, 0.25) is 0 Å². The lowest BCUT2D eigenvalue weighted by Gasteiger charge is -2.12. The molecule has 0 aliphatic carbocycles. The summed E-state index contributed by atoms with van der Waals surface area (Å²) in [5, 5.41) is 4.62. The van der Waals surface area contributed by atoms with Gasteiger partial charge >= 0.3 is 0 Å². The Labute approximate surface area is 141 Å². The second-order valence-corrected chi connectivity index (χ2v) is 6.25. The SMILES string of the molecule is Cc1c(C(=O)c2ccc3ccccc3c2C)ccc2ccccc12. The quantitative estimate of drug-likeness (QED) is 0.425. The third kappa shape index (κ3) is 2.21. The van der Waals surface area contributed by atoms with E-state index >= 15 is 0 Å². The normalized spacial score (nSPS) is 11.1. The lowest BCUT2D eigenvalue weighted by molar-refractivity contribution is 0.103. The molecular formula is C23H18O. The van der Waals surface area contributed by atoms with Crippen molar-refractivity contribution >= 4 is 27.3 Å². The van der Waals surface area contributed by atoms with Crippen LogP contribution in [0.3, 0.4) is 0 Å². The molecule has 0 saturated heterocycles. The van der Waals surface area contributed by atoms with Gasteiger partial charge in [0.15, 0.2) is 5.78 Å². The fourth-order valence-corrected chi connectivity index (χ4v) is 3.49. The summed E-state index contributed by atoms with van der Waals surface area (Å²) < 4.78 is 0. The molecule has 0 aliphatic heterocycles. The van der Waals surface area contributed by atoms with Crippen LogP contribution in [0.5, 0.6) is 0 Å². The van der Waals surface area contributed by atoms with Gasteiger partial charge in [-0.3, -0.25) is 4.79 Å².